The van der Waals surface area contributed by atoms with Crippen LogP contribution in [-0.4, -0.2) is 23.7 Å². The van der Waals surface area contributed by atoms with Crippen molar-refractivity contribution in [3.05, 3.63) is 101 Å². The average molecular weight is 505 g/mol. The van der Waals surface area contributed by atoms with E-state index < -0.39 is 40.3 Å². The van der Waals surface area contributed by atoms with Crippen LogP contribution < -0.4 is 10.6 Å². The van der Waals surface area contributed by atoms with Gasteiger partial charge in [-0.25, -0.2) is 4.39 Å². The number of halogens is 4. The summed E-state index contributed by atoms with van der Waals surface area (Å²) in [6.07, 6.45) is -2.63. The topological polar surface area (TPSA) is 105 Å². The molecule has 0 aliphatic carbocycles. The van der Waals surface area contributed by atoms with Crippen LogP contribution in [0.25, 0.3) is 22.2 Å². The fraction of sp³-hybridized carbons (Fsp3) is 0.0741. The number of rotatable bonds is 6. The van der Waals surface area contributed by atoms with Gasteiger partial charge in [-0.3, -0.25) is 4.79 Å². The van der Waals surface area contributed by atoms with Gasteiger partial charge in [-0.2, -0.15) is 18.4 Å². The van der Waals surface area contributed by atoms with Gasteiger partial charge in [0.05, 0.1) is 39.9 Å². The van der Waals surface area contributed by atoms with E-state index in [1.54, 1.807) is 48.5 Å². The third-order valence-corrected chi connectivity index (χ3v) is 5.59. The molecule has 4 N–H and O–H groups in total. The van der Waals surface area contributed by atoms with Crippen molar-refractivity contribution in [2.24, 2.45) is 0 Å². The summed E-state index contributed by atoms with van der Waals surface area (Å²) < 4.78 is 55.7. The number of aromatic amines is 1. The summed E-state index contributed by atoms with van der Waals surface area (Å²) in [5.74, 6) is -2.41. The minimum Gasteiger partial charge on any atom is -0.394 e. The first-order chi connectivity index (χ1) is 17.6. The maximum absolute atomic E-state index is 14.9. The van der Waals surface area contributed by atoms with E-state index in [4.69, 9.17) is 5.41 Å². The lowest BCUT2D eigenvalue weighted by Crippen LogP contribution is -2.19. The van der Waals surface area contributed by atoms with Gasteiger partial charge < -0.3 is 21.0 Å². The van der Waals surface area contributed by atoms with Gasteiger partial charge >= 0.3 is 6.18 Å². The summed E-state index contributed by atoms with van der Waals surface area (Å²) in [7, 11) is 1.50. The van der Waals surface area contributed by atoms with E-state index in [0.29, 0.717) is 33.8 Å². The first-order valence-corrected chi connectivity index (χ1v) is 10.9. The lowest BCUT2D eigenvalue weighted by molar-refractivity contribution is -0.137. The number of alkyl halides is 3. The summed E-state index contributed by atoms with van der Waals surface area (Å²) in [6.45, 7) is 0. The molecule has 0 saturated carbocycles. The highest BCUT2D eigenvalue weighted by Crippen LogP contribution is 2.37. The van der Waals surface area contributed by atoms with Crippen LogP contribution >= 0.6 is 0 Å². The number of aromatic nitrogens is 1. The first-order valence-electron chi connectivity index (χ1n) is 10.9. The zero-order valence-electron chi connectivity index (χ0n) is 19.3. The van der Waals surface area contributed by atoms with Crippen LogP contribution in [0, 0.1) is 22.6 Å². The Morgan fingerprint density at radius 2 is 1.81 bits per heavy atom. The highest BCUT2D eigenvalue weighted by Gasteiger charge is 2.36. The Bertz CT molecular complexity index is 1580. The number of nitrogens with one attached hydrogen (secondary N) is 4. The van der Waals surface area contributed by atoms with Crippen molar-refractivity contribution >= 4 is 28.2 Å². The van der Waals surface area contributed by atoms with Crippen LogP contribution in [-0.2, 0) is 6.18 Å². The lowest BCUT2D eigenvalue weighted by Gasteiger charge is -2.15. The monoisotopic (exact) mass is 505 g/mol. The number of carbonyl (C=O) groups excluding carboxylic acids is 1. The van der Waals surface area contributed by atoms with Crippen molar-refractivity contribution in [1.82, 2.24) is 10.3 Å². The van der Waals surface area contributed by atoms with E-state index in [1.165, 1.54) is 13.2 Å². The summed E-state index contributed by atoms with van der Waals surface area (Å²) >= 11 is 0. The number of hydrogen-bond donors (Lipinski definition) is 4. The second-order valence-electron chi connectivity index (χ2n) is 7.98. The number of nitriles is 1. The van der Waals surface area contributed by atoms with E-state index in [0.717, 1.165) is 6.08 Å². The molecule has 0 radical (unpaired) electrons. The molecule has 6 nitrogen and oxygen atoms in total. The van der Waals surface area contributed by atoms with E-state index in [9.17, 15) is 27.6 Å². The molecule has 0 spiro atoms. The Balaban J connectivity index is 1.85. The van der Waals surface area contributed by atoms with Gasteiger partial charge in [0.2, 0.25) is 0 Å². The van der Waals surface area contributed by atoms with Gasteiger partial charge in [0, 0.05) is 29.1 Å². The molecule has 37 heavy (non-hydrogen) atoms. The molecule has 0 aliphatic heterocycles. The summed E-state index contributed by atoms with van der Waals surface area (Å²) in [6, 6.07) is 16.6. The van der Waals surface area contributed by atoms with Crippen molar-refractivity contribution in [2.75, 3.05) is 12.4 Å². The molecule has 0 aliphatic rings. The minimum absolute atomic E-state index is 0.215. The number of H-pyrrole nitrogens is 1. The van der Waals surface area contributed by atoms with Crippen LogP contribution in [0.3, 0.4) is 0 Å². The number of fused-ring (bicyclic) bond motifs is 1. The highest BCUT2D eigenvalue weighted by atomic mass is 19.4. The van der Waals surface area contributed by atoms with Crippen molar-refractivity contribution < 1.29 is 22.4 Å². The summed E-state index contributed by atoms with van der Waals surface area (Å²) in [5.41, 5.74) is -0.981. The van der Waals surface area contributed by atoms with Crippen LogP contribution in [0.1, 0.15) is 27.0 Å². The molecule has 186 valence electrons. The fourth-order valence-corrected chi connectivity index (χ4v) is 3.85. The molecular formula is C27H19F4N5O. The fourth-order valence-electron chi connectivity index (χ4n) is 3.85. The minimum atomic E-state index is -4.95. The molecule has 0 bridgehead atoms. The summed E-state index contributed by atoms with van der Waals surface area (Å²) in [4.78, 5) is 16.4. The first kappa shape index (κ1) is 25.2. The van der Waals surface area contributed by atoms with Gasteiger partial charge in [-0.05, 0) is 42.6 Å². The Labute approximate surface area is 208 Å². The maximum atomic E-state index is 14.9. The Hall–Kier alpha value is -4.91. The molecule has 0 saturated heterocycles. The van der Waals surface area contributed by atoms with Gasteiger partial charge in [0.1, 0.15) is 5.82 Å². The number of benzene rings is 3. The lowest BCUT2D eigenvalue weighted by atomic mass is 9.98. The zero-order chi connectivity index (χ0) is 26.7. The van der Waals surface area contributed by atoms with Crippen molar-refractivity contribution in [2.45, 2.75) is 6.18 Å². The van der Waals surface area contributed by atoms with Crippen molar-refractivity contribution in [1.29, 1.82) is 10.7 Å². The molecule has 1 heterocycles. The SMILES string of the molecule is CN/C=C\C(=N)c1cc(C(=O)Nc2c(-c3ccccc3)[nH]c3ccc(C#N)cc23)c(F)cc1C(F)(F)F. The quantitative estimate of drug-likeness (QED) is 0.185. The predicted molar refractivity (Wildman–Crippen MR) is 133 cm³/mol. The Morgan fingerprint density at radius 3 is 2.46 bits per heavy atom. The molecule has 1 amide bonds. The molecule has 10 heteroatoms. The summed E-state index contributed by atoms with van der Waals surface area (Å²) in [5, 5.41) is 23.0. The van der Waals surface area contributed by atoms with Crippen molar-refractivity contribution in [3.63, 3.8) is 0 Å². The van der Waals surface area contributed by atoms with Gasteiger partial charge in [-0.15, -0.1) is 0 Å². The molecule has 4 rings (SSSR count). The smallest absolute Gasteiger partial charge is 0.394 e. The third kappa shape index (κ3) is 5.06. The number of carbonyl (C=O) groups is 1. The molecule has 3 aromatic carbocycles. The van der Waals surface area contributed by atoms with Crippen LogP contribution in [0.4, 0.5) is 23.2 Å². The van der Waals surface area contributed by atoms with Gasteiger partial charge in [0.25, 0.3) is 5.91 Å². The largest absolute Gasteiger partial charge is 0.417 e. The second kappa shape index (κ2) is 9.99. The van der Waals surface area contributed by atoms with E-state index in [-0.39, 0.29) is 11.8 Å². The molecule has 4 aromatic rings. The molecular weight excluding hydrogens is 486 g/mol. The van der Waals surface area contributed by atoms with Gasteiger partial charge in [-0.1, -0.05) is 30.3 Å². The molecule has 1 aromatic heterocycles. The van der Waals surface area contributed by atoms with Gasteiger partial charge in [0.15, 0.2) is 0 Å². The standard InChI is InChI=1S/C27H19F4N5O/c1-34-10-9-22(33)17-12-18(21(28)13-20(17)27(29,30)31)26(37)36-25-19-11-15(14-32)7-8-23(19)35-24(25)16-5-3-2-4-6-16/h2-13,33-35H,1H3,(H,36,37)/b10-9-,33-22?. The number of anilines is 1. The van der Waals surface area contributed by atoms with E-state index in [2.05, 4.69) is 15.6 Å². The van der Waals surface area contributed by atoms with E-state index >= 15 is 0 Å². The maximum Gasteiger partial charge on any atom is 0.417 e. The van der Waals surface area contributed by atoms with Crippen LogP contribution in [0.15, 0.2) is 72.9 Å². The molecule has 0 atom stereocenters. The molecule has 0 fully saturated rings. The van der Waals surface area contributed by atoms with Crippen LogP contribution in [0.5, 0.6) is 0 Å². The number of amides is 1. The Kier molecular flexibility index (Phi) is 6.80. The average Bonchev–Trinajstić information content (AvgIpc) is 3.24. The zero-order valence-corrected chi connectivity index (χ0v) is 19.3. The molecule has 0 unspecified atom stereocenters. The number of nitrogens with zero attached hydrogens (tertiary/aromatic N) is 1. The normalized spacial score (nSPS) is 11.5. The third-order valence-electron chi connectivity index (χ3n) is 5.59. The van der Waals surface area contributed by atoms with E-state index in [1.807, 2.05) is 6.07 Å². The van der Waals surface area contributed by atoms with Crippen molar-refractivity contribution in [3.8, 4) is 17.3 Å². The second-order valence-corrected chi connectivity index (χ2v) is 7.98. The number of hydrogen-bond acceptors (Lipinski definition) is 4. The highest BCUT2D eigenvalue weighted by molar-refractivity contribution is 6.15. The van der Waals surface area contributed by atoms with Crippen LogP contribution in [0.2, 0.25) is 0 Å². The predicted octanol–water partition coefficient (Wildman–Crippen LogP) is 6.22. The number of allylic oxidation sites excluding steroid dienone is 1. The Morgan fingerprint density at radius 1 is 1.08 bits per heavy atom.